The smallest absolute Gasteiger partial charge is 0.357 e. The summed E-state index contributed by atoms with van der Waals surface area (Å²) in [5, 5.41) is 9.03. The molecule has 0 saturated carbocycles. The number of thioether (sulfide) groups is 2. The Balaban J connectivity index is 1.62. The second-order valence-electron chi connectivity index (χ2n) is 5.30. The van der Waals surface area contributed by atoms with Gasteiger partial charge in [-0.15, -0.1) is 22.0 Å². The summed E-state index contributed by atoms with van der Waals surface area (Å²) in [5.41, 5.74) is 3.93. The zero-order valence-corrected chi connectivity index (χ0v) is 16.7. The van der Waals surface area contributed by atoms with Gasteiger partial charge in [0.1, 0.15) is 23.1 Å². The molecule has 0 bridgehead atoms. The Labute approximate surface area is 164 Å². The fourth-order valence-electron chi connectivity index (χ4n) is 2.12. The third-order valence-corrected chi connectivity index (χ3v) is 6.28. The van der Waals surface area contributed by atoms with Crippen LogP contribution in [0.5, 0.6) is 5.75 Å². The van der Waals surface area contributed by atoms with Crippen LogP contribution in [0.2, 0.25) is 0 Å². The van der Waals surface area contributed by atoms with Crippen molar-refractivity contribution in [1.29, 1.82) is 0 Å². The maximum Gasteiger partial charge on any atom is 0.357 e. The van der Waals surface area contributed by atoms with Gasteiger partial charge in [0.15, 0.2) is 4.34 Å². The van der Waals surface area contributed by atoms with Gasteiger partial charge < -0.3 is 9.47 Å². The minimum absolute atomic E-state index is 0.199. The van der Waals surface area contributed by atoms with Crippen LogP contribution in [0.4, 0.5) is 0 Å². The van der Waals surface area contributed by atoms with E-state index in [9.17, 15) is 4.79 Å². The van der Waals surface area contributed by atoms with Crippen molar-refractivity contribution in [1.82, 2.24) is 10.2 Å². The molecule has 0 fully saturated rings. The quantitative estimate of drug-likeness (QED) is 0.511. The molecule has 9 heteroatoms. The van der Waals surface area contributed by atoms with Gasteiger partial charge in [-0.1, -0.05) is 35.2 Å². The summed E-state index contributed by atoms with van der Waals surface area (Å²) in [7, 11) is 1.61. The molecule has 1 aliphatic rings. The van der Waals surface area contributed by atoms with Crippen LogP contribution in [-0.2, 0) is 16.1 Å². The number of rotatable bonds is 7. The molecular weight excluding hydrogens is 390 g/mol. The Morgan fingerprint density at radius 1 is 1.27 bits per heavy atom. The predicted octanol–water partition coefficient (Wildman–Crippen LogP) is 3.72. The lowest BCUT2D eigenvalue weighted by Gasteiger charge is -2.13. The highest BCUT2D eigenvalue weighted by Gasteiger charge is 2.20. The van der Waals surface area contributed by atoms with E-state index < -0.39 is 5.97 Å². The minimum Gasteiger partial charge on any atom is -0.497 e. The summed E-state index contributed by atoms with van der Waals surface area (Å²) >= 11 is 4.67. The number of methoxy groups -OCH3 is 1. The second kappa shape index (κ2) is 9.20. The molecule has 0 saturated heterocycles. The van der Waals surface area contributed by atoms with Crippen LogP contribution < -0.4 is 4.74 Å². The van der Waals surface area contributed by atoms with Gasteiger partial charge in [0.25, 0.3) is 0 Å². The van der Waals surface area contributed by atoms with Gasteiger partial charge >= 0.3 is 5.97 Å². The number of benzene rings is 1. The summed E-state index contributed by atoms with van der Waals surface area (Å²) in [4.78, 5) is 16.7. The molecule has 0 unspecified atom stereocenters. The monoisotopic (exact) mass is 407 g/mol. The molecule has 0 N–H and O–H groups in total. The molecule has 1 aromatic carbocycles. The first-order valence-electron chi connectivity index (χ1n) is 7.75. The van der Waals surface area contributed by atoms with E-state index in [1.165, 1.54) is 0 Å². The van der Waals surface area contributed by atoms with Gasteiger partial charge in [-0.25, -0.2) is 9.79 Å². The van der Waals surface area contributed by atoms with Gasteiger partial charge in [-0.3, -0.25) is 0 Å². The number of aromatic nitrogens is 2. The van der Waals surface area contributed by atoms with Crippen LogP contribution in [0, 0.1) is 6.92 Å². The summed E-state index contributed by atoms with van der Waals surface area (Å²) < 4.78 is 11.4. The highest BCUT2D eigenvalue weighted by Crippen LogP contribution is 2.28. The Morgan fingerprint density at radius 3 is 2.77 bits per heavy atom. The highest BCUT2D eigenvalue weighted by atomic mass is 32.2. The van der Waals surface area contributed by atoms with Crippen LogP contribution in [0.15, 0.2) is 44.9 Å². The highest BCUT2D eigenvalue weighted by molar-refractivity contribution is 8.12. The zero-order valence-electron chi connectivity index (χ0n) is 14.3. The van der Waals surface area contributed by atoms with Crippen molar-refractivity contribution in [2.24, 2.45) is 4.99 Å². The lowest BCUT2D eigenvalue weighted by atomic mass is 10.2. The lowest BCUT2D eigenvalue weighted by molar-refractivity contribution is -0.140. The van der Waals surface area contributed by atoms with Crippen molar-refractivity contribution in [3.63, 3.8) is 0 Å². The van der Waals surface area contributed by atoms with E-state index >= 15 is 0 Å². The molecule has 1 aromatic heterocycles. The van der Waals surface area contributed by atoms with E-state index in [-0.39, 0.29) is 6.61 Å². The molecule has 6 nitrogen and oxygen atoms in total. The average molecular weight is 408 g/mol. The number of carbonyl (C=O) groups excluding carboxylic acids is 1. The maximum absolute atomic E-state index is 12.5. The van der Waals surface area contributed by atoms with Gasteiger partial charge in [-0.05, 0) is 30.2 Å². The summed E-state index contributed by atoms with van der Waals surface area (Å²) in [6, 6.07) is 7.41. The zero-order chi connectivity index (χ0) is 18.4. The standard InChI is InChI=1S/C17H17N3O3S3/c1-11-19-20-17(26-11)25-9-13-8-24-10-18-15(13)16(21)23-7-12-3-5-14(22-2)6-4-12/h3-6,10H,7-9H2,1-2H3. The third-order valence-electron chi connectivity index (χ3n) is 3.45. The number of ether oxygens (including phenoxy) is 2. The van der Waals surface area contributed by atoms with Crippen LogP contribution in [-0.4, -0.2) is 40.3 Å². The summed E-state index contributed by atoms with van der Waals surface area (Å²) in [6.45, 7) is 2.12. The predicted molar refractivity (Wildman–Crippen MR) is 106 cm³/mol. The fourth-order valence-corrected chi connectivity index (χ4v) is 4.77. The third kappa shape index (κ3) is 5.09. The minimum atomic E-state index is -0.401. The van der Waals surface area contributed by atoms with Crippen LogP contribution in [0.25, 0.3) is 0 Å². The molecule has 1 aliphatic heterocycles. The Bertz CT molecular complexity index is 831. The van der Waals surface area contributed by atoms with E-state index in [1.54, 1.807) is 47.5 Å². The molecule has 2 aromatic rings. The molecule has 0 atom stereocenters. The average Bonchev–Trinajstić information content (AvgIpc) is 3.10. The van der Waals surface area contributed by atoms with Crippen LogP contribution in [0.1, 0.15) is 10.6 Å². The summed E-state index contributed by atoms with van der Waals surface area (Å²) in [5.74, 6) is 1.73. The molecule has 0 amide bonds. The Kier molecular flexibility index (Phi) is 6.70. The van der Waals surface area contributed by atoms with Crippen molar-refractivity contribution in [3.8, 4) is 5.75 Å². The van der Waals surface area contributed by atoms with Crippen molar-refractivity contribution in [2.75, 3.05) is 18.6 Å². The van der Waals surface area contributed by atoms with Gasteiger partial charge in [0.2, 0.25) is 0 Å². The first kappa shape index (κ1) is 18.9. The number of esters is 1. The molecule has 0 radical (unpaired) electrons. The molecule has 136 valence electrons. The number of hydrogen-bond acceptors (Lipinski definition) is 9. The van der Waals surface area contributed by atoms with Gasteiger partial charge in [0, 0.05) is 11.5 Å². The second-order valence-corrected chi connectivity index (χ2v) is 8.53. The van der Waals surface area contributed by atoms with Crippen LogP contribution >= 0.6 is 34.9 Å². The molecule has 0 spiro atoms. The largest absolute Gasteiger partial charge is 0.497 e. The fraction of sp³-hybridized carbons (Fsp3) is 0.294. The van der Waals surface area contributed by atoms with Crippen molar-refractivity contribution in [3.05, 3.63) is 46.1 Å². The number of aliphatic imine (C=N–C) groups is 1. The summed E-state index contributed by atoms with van der Waals surface area (Å²) in [6.07, 6.45) is 0. The first-order valence-corrected chi connectivity index (χ1v) is 10.6. The molecule has 2 heterocycles. The van der Waals surface area contributed by atoms with E-state index in [0.717, 1.165) is 32.0 Å². The number of hydrogen-bond donors (Lipinski definition) is 0. The Hall–Kier alpha value is -1.84. The number of nitrogens with zero attached hydrogens (tertiary/aromatic N) is 3. The first-order chi connectivity index (χ1) is 12.7. The van der Waals surface area contributed by atoms with E-state index in [1.807, 2.05) is 31.2 Å². The lowest BCUT2D eigenvalue weighted by Crippen LogP contribution is -2.13. The Morgan fingerprint density at radius 2 is 2.08 bits per heavy atom. The topological polar surface area (TPSA) is 73.7 Å². The van der Waals surface area contributed by atoms with Gasteiger partial charge in [0.05, 0.1) is 12.7 Å². The maximum atomic E-state index is 12.5. The molecule has 0 aliphatic carbocycles. The normalized spacial score (nSPS) is 13.8. The molecule has 26 heavy (non-hydrogen) atoms. The molecule has 3 rings (SSSR count). The van der Waals surface area contributed by atoms with Crippen molar-refractivity contribution < 1.29 is 14.3 Å². The van der Waals surface area contributed by atoms with Crippen LogP contribution in [0.3, 0.4) is 0 Å². The number of aryl methyl sites for hydroxylation is 1. The van der Waals surface area contributed by atoms with E-state index in [4.69, 9.17) is 9.47 Å². The van der Waals surface area contributed by atoms with E-state index in [0.29, 0.717) is 11.4 Å². The molecular formula is C17H17N3O3S3. The van der Waals surface area contributed by atoms with Crippen molar-refractivity contribution >= 4 is 46.4 Å². The van der Waals surface area contributed by atoms with E-state index in [2.05, 4.69) is 15.2 Å². The van der Waals surface area contributed by atoms with Gasteiger partial charge in [-0.2, -0.15) is 0 Å². The van der Waals surface area contributed by atoms with Crippen molar-refractivity contribution in [2.45, 2.75) is 17.9 Å². The SMILES string of the molecule is COc1ccc(COC(=O)C2=C(CSc3nnc(C)s3)CSC=N2)cc1. The number of carbonyl (C=O) groups is 1.